The molecule has 0 spiro atoms. The van der Waals surface area contributed by atoms with Gasteiger partial charge in [-0.1, -0.05) is 12.1 Å². The van der Waals surface area contributed by atoms with E-state index in [4.69, 9.17) is 4.74 Å². The second kappa shape index (κ2) is 7.04. The van der Waals surface area contributed by atoms with Gasteiger partial charge >= 0.3 is 6.09 Å². The second-order valence-electron chi connectivity index (χ2n) is 6.17. The number of carbonyl (C=O) groups is 2. The molecule has 3 N–H and O–H groups in total. The molecule has 24 heavy (non-hydrogen) atoms. The summed E-state index contributed by atoms with van der Waals surface area (Å²) in [7, 11) is 0. The number of phenols is 1. The van der Waals surface area contributed by atoms with Crippen molar-refractivity contribution in [1.82, 2.24) is 0 Å². The van der Waals surface area contributed by atoms with Gasteiger partial charge in [0.05, 0.1) is 11.4 Å². The van der Waals surface area contributed by atoms with Crippen LogP contribution in [0.15, 0.2) is 48.5 Å². The first-order chi connectivity index (χ1) is 11.2. The van der Waals surface area contributed by atoms with Crippen molar-refractivity contribution in [3.8, 4) is 5.75 Å². The molecule has 0 aliphatic heterocycles. The quantitative estimate of drug-likeness (QED) is 0.795. The van der Waals surface area contributed by atoms with E-state index in [-0.39, 0.29) is 11.7 Å². The predicted molar refractivity (Wildman–Crippen MR) is 92.4 cm³/mol. The van der Waals surface area contributed by atoms with E-state index in [9.17, 15) is 14.7 Å². The number of amides is 2. The predicted octanol–water partition coefficient (Wildman–Crippen LogP) is 3.99. The fraction of sp³-hybridized carbons (Fsp3) is 0.222. The Morgan fingerprint density at radius 2 is 1.46 bits per heavy atom. The number of carbonyl (C=O) groups excluding carboxylic acids is 2. The normalized spacial score (nSPS) is 10.8. The van der Waals surface area contributed by atoms with E-state index in [0.29, 0.717) is 16.9 Å². The SMILES string of the molecule is CC(C)(C)OC(=O)Nc1ccccc1NC(=O)c1ccc(O)cc1. The van der Waals surface area contributed by atoms with Crippen molar-refractivity contribution < 1.29 is 19.4 Å². The lowest BCUT2D eigenvalue weighted by Crippen LogP contribution is -2.27. The van der Waals surface area contributed by atoms with E-state index in [1.54, 1.807) is 45.0 Å². The van der Waals surface area contributed by atoms with Crippen LogP contribution in [0.2, 0.25) is 0 Å². The summed E-state index contributed by atoms with van der Waals surface area (Å²) in [6.45, 7) is 5.31. The van der Waals surface area contributed by atoms with Gasteiger partial charge in [0, 0.05) is 5.56 Å². The first-order valence-electron chi connectivity index (χ1n) is 7.44. The van der Waals surface area contributed by atoms with Crippen LogP contribution >= 0.6 is 0 Å². The van der Waals surface area contributed by atoms with Crippen LogP contribution in [0.25, 0.3) is 0 Å². The van der Waals surface area contributed by atoms with Crippen molar-refractivity contribution in [1.29, 1.82) is 0 Å². The molecule has 0 atom stereocenters. The lowest BCUT2D eigenvalue weighted by Gasteiger charge is -2.20. The third-order valence-corrected chi connectivity index (χ3v) is 2.94. The second-order valence-corrected chi connectivity index (χ2v) is 6.17. The van der Waals surface area contributed by atoms with Crippen molar-refractivity contribution in [3.05, 3.63) is 54.1 Å². The van der Waals surface area contributed by atoms with Crippen LogP contribution in [0.3, 0.4) is 0 Å². The van der Waals surface area contributed by atoms with Gasteiger partial charge in [0.2, 0.25) is 0 Å². The molecule has 0 saturated heterocycles. The standard InChI is InChI=1S/C18H20N2O4/c1-18(2,3)24-17(23)20-15-7-5-4-6-14(15)19-16(22)12-8-10-13(21)11-9-12/h4-11,21H,1-3H3,(H,19,22)(H,20,23). The minimum absolute atomic E-state index is 0.0820. The van der Waals surface area contributed by atoms with Crippen molar-refractivity contribution in [2.75, 3.05) is 10.6 Å². The maximum Gasteiger partial charge on any atom is 0.412 e. The summed E-state index contributed by atoms with van der Waals surface area (Å²) in [6.07, 6.45) is -0.603. The minimum atomic E-state index is -0.617. The summed E-state index contributed by atoms with van der Waals surface area (Å²) in [5, 5.41) is 14.6. The molecule has 6 nitrogen and oxygen atoms in total. The number of anilines is 2. The number of rotatable bonds is 3. The number of hydrogen-bond acceptors (Lipinski definition) is 4. The zero-order valence-corrected chi connectivity index (χ0v) is 13.8. The smallest absolute Gasteiger partial charge is 0.412 e. The lowest BCUT2D eigenvalue weighted by molar-refractivity contribution is 0.0635. The molecule has 0 unspecified atom stereocenters. The molecule has 0 aromatic heterocycles. The number of benzene rings is 2. The maximum absolute atomic E-state index is 12.3. The van der Waals surface area contributed by atoms with Crippen LogP contribution in [0.4, 0.5) is 16.2 Å². The van der Waals surface area contributed by atoms with Gasteiger partial charge in [0.25, 0.3) is 5.91 Å². The first-order valence-corrected chi connectivity index (χ1v) is 7.44. The number of para-hydroxylation sites is 2. The summed E-state index contributed by atoms with van der Waals surface area (Å²) in [4.78, 5) is 24.2. The molecule has 0 bridgehead atoms. The Bertz CT molecular complexity index is 733. The van der Waals surface area contributed by atoms with Gasteiger partial charge in [-0.05, 0) is 57.2 Å². The number of ether oxygens (including phenoxy) is 1. The highest BCUT2D eigenvalue weighted by Crippen LogP contribution is 2.23. The van der Waals surface area contributed by atoms with E-state index in [1.807, 2.05) is 0 Å². The number of hydrogen-bond donors (Lipinski definition) is 3. The third-order valence-electron chi connectivity index (χ3n) is 2.94. The fourth-order valence-electron chi connectivity index (χ4n) is 1.92. The van der Waals surface area contributed by atoms with E-state index in [0.717, 1.165) is 0 Å². The molecule has 0 saturated carbocycles. The van der Waals surface area contributed by atoms with Gasteiger partial charge in [0.15, 0.2) is 0 Å². The molecule has 6 heteroatoms. The molecule has 0 aliphatic rings. The van der Waals surface area contributed by atoms with Gasteiger partial charge in [-0.25, -0.2) is 4.79 Å². The summed E-state index contributed by atoms with van der Waals surface area (Å²) in [6, 6.07) is 12.7. The lowest BCUT2D eigenvalue weighted by atomic mass is 10.2. The molecular weight excluding hydrogens is 308 g/mol. The van der Waals surface area contributed by atoms with Crippen LogP contribution < -0.4 is 10.6 Å². The molecule has 0 heterocycles. The average Bonchev–Trinajstić information content (AvgIpc) is 2.48. The zero-order valence-electron chi connectivity index (χ0n) is 13.8. The Balaban J connectivity index is 2.12. The topological polar surface area (TPSA) is 87.7 Å². The van der Waals surface area contributed by atoms with Crippen molar-refractivity contribution in [3.63, 3.8) is 0 Å². The number of aromatic hydroxyl groups is 1. The molecule has 2 aromatic carbocycles. The van der Waals surface area contributed by atoms with Crippen molar-refractivity contribution in [2.24, 2.45) is 0 Å². The monoisotopic (exact) mass is 328 g/mol. The summed E-state index contributed by atoms with van der Waals surface area (Å²) < 4.78 is 5.21. The van der Waals surface area contributed by atoms with Gasteiger partial charge in [-0.3, -0.25) is 10.1 Å². The first kappa shape index (κ1) is 17.3. The molecule has 2 rings (SSSR count). The van der Waals surface area contributed by atoms with Crippen LogP contribution in [-0.4, -0.2) is 22.7 Å². The highest BCUT2D eigenvalue weighted by molar-refractivity contribution is 6.06. The maximum atomic E-state index is 12.3. The van der Waals surface area contributed by atoms with Gasteiger partial charge in [-0.15, -0.1) is 0 Å². The summed E-state index contributed by atoms with van der Waals surface area (Å²) in [5.41, 5.74) is 0.647. The Kier molecular flexibility index (Phi) is 5.08. The van der Waals surface area contributed by atoms with E-state index >= 15 is 0 Å². The van der Waals surface area contributed by atoms with E-state index < -0.39 is 11.7 Å². The molecule has 126 valence electrons. The molecule has 0 fully saturated rings. The van der Waals surface area contributed by atoms with Crippen LogP contribution in [0.5, 0.6) is 5.75 Å². The highest BCUT2D eigenvalue weighted by atomic mass is 16.6. The molecule has 2 aromatic rings. The Hall–Kier alpha value is -3.02. The van der Waals surface area contributed by atoms with E-state index in [2.05, 4.69) is 10.6 Å². The van der Waals surface area contributed by atoms with Crippen LogP contribution in [0.1, 0.15) is 31.1 Å². The highest BCUT2D eigenvalue weighted by Gasteiger charge is 2.17. The molecular formula is C18H20N2O4. The van der Waals surface area contributed by atoms with Gasteiger partial charge < -0.3 is 15.2 Å². The Morgan fingerprint density at radius 1 is 0.917 bits per heavy atom. The fourth-order valence-corrected chi connectivity index (χ4v) is 1.92. The Morgan fingerprint density at radius 3 is 2.00 bits per heavy atom. The molecule has 0 aliphatic carbocycles. The van der Waals surface area contributed by atoms with E-state index in [1.165, 1.54) is 24.3 Å². The Labute approximate surface area is 140 Å². The van der Waals surface area contributed by atoms with Crippen molar-refractivity contribution in [2.45, 2.75) is 26.4 Å². The molecule has 2 amide bonds. The summed E-state index contributed by atoms with van der Waals surface area (Å²) in [5.74, 6) is -0.271. The minimum Gasteiger partial charge on any atom is -0.508 e. The number of phenolic OH excluding ortho intramolecular Hbond substituents is 1. The van der Waals surface area contributed by atoms with Crippen LogP contribution in [-0.2, 0) is 4.74 Å². The number of nitrogens with one attached hydrogen (secondary N) is 2. The summed E-state index contributed by atoms with van der Waals surface area (Å²) >= 11 is 0. The van der Waals surface area contributed by atoms with Crippen molar-refractivity contribution >= 4 is 23.4 Å². The van der Waals surface area contributed by atoms with Crippen LogP contribution in [0, 0.1) is 0 Å². The van der Waals surface area contributed by atoms with Gasteiger partial charge in [0.1, 0.15) is 11.4 Å². The third kappa shape index (κ3) is 5.01. The average molecular weight is 328 g/mol. The zero-order chi connectivity index (χ0) is 17.7. The van der Waals surface area contributed by atoms with Gasteiger partial charge in [-0.2, -0.15) is 0 Å². The molecule has 0 radical (unpaired) electrons. The largest absolute Gasteiger partial charge is 0.508 e.